The van der Waals surface area contributed by atoms with E-state index in [-0.39, 0.29) is 25.5 Å². The minimum absolute atomic E-state index is 0.189. The topological polar surface area (TPSA) is 92.8 Å². The molecule has 0 aromatic carbocycles. The van der Waals surface area contributed by atoms with Crippen LogP contribution in [-0.2, 0) is 24.5 Å². The van der Waals surface area contributed by atoms with E-state index in [0.717, 1.165) is 17.1 Å². The molecule has 7 nitrogen and oxygen atoms in total. The molecule has 0 aromatic rings. The molecular formula is C14H24N2O5S. The summed E-state index contributed by atoms with van der Waals surface area (Å²) in [5.74, 6) is -0.333. The highest BCUT2D eigenvalue weighted by Crippen LogP contribution is 2.38. The Morgan fingerprint density at radius 1 is 1.32 bits per heavy atom. The molecule has 0 aromatic heterocycles. The van der Waals surface area contributed by atoms with Crippen molar-refractivity contribution in [1.29, 1.82) is 0 Å². The molecule has 1 saturated heterocycles. The van der Waals surface area contributed by atoms with Crippen LogP contribution in [-0.4, -0.2) is 43.8 Å². The fourth-order valence-electron chi connectivity index (χ4n) is 2.87. The van der Waals surface area contributed by atoms with Gasteiger partial charge in [0.25, 0.3) is 0 Å². The molecule has 2 rings (SSSR count). The van der Waals surface area contributed by atoms with Crippen LogP contribution in [0.2, 0.25) is 0 Å². The summed E-state index contributed by atoms with van der Waals surface area (Å²) < 4.78 is 32.7. The van der Waals surface area contributed by atoms with E-state index in [0.29, 0.717) is 18.8 Å². The molecule has 1 N–H and O–H groups in total. The van der Waals surface area contributed by atoms with Crippen LogP contribution in [0.25, 0.3) is 0 Å². The third-order valence-corrected chi connectivity index (χ3v) is 5.79. The average molecular weight is 332 g/mol. The first-order valence-corrected chi connectivity index (χ1v) is 9.28. The lowest BCUT2D eigenvalue weighted by Crippen LogP contribution is -2.48. The molecule has 8 heteroatoms. The van der Waals surface area contributed by atoms with Crippen molar-refractivity contribution in [3.05, 3.63) is 0 Å². The summed E-state index contributed by atoms with van der Waals surface area (Å²) in [6, 6.07) is -0.828. The molecule has 0 radical (unpaired) electrons. The lowest BCUT2D eigenvalue weighted by molar-refractivity contribution is -0.147. The normalized spacial score (nSPS) is 24.0. The summed E-state index contributed by atoms with van der Waals surface area (Å²) in [4.78, 5) is 23.7. The third-order valence-electron chi connectivity index (χ3n) is 4.25. The van der Waals surface area contributed by atoms with Crippen LogP contribution in [0.5, 0.6) is 0 Å². The largest absolute Gasteiger partial charge is 0.465 e. The van der Waals surface area contributed by atoms with E-state index in [4.69, 9.17) is 4.74 Å². The molecule has 1 aliphatic heterocycles. The summed E-state index contributed by atoms with van der Waals surface area (Å²) >= 11 is 0. The Bertz CT molecular complexity index is 529. The van der Waals surface area contributed by atoms with Gasteiger partial charge in [0.1, 0.15) is 6.04 Å². The Labute approximate surface area is 131 Å². The van der Waals surface area contributed by atoms with Gasteiger partial charge in [-0.05, 0) is 44.4 Å². The summed E-state index contributed by atoms with van der Waals surface area (Å²) in [5.41, 5.74) is 0. The Balaban J connectivity index is 1.95. The minimum atomic E-state index is -3.99. The zero-order valence-corrected chi connectivity index (χ0v) is 13.9. The van der Waals surface area contributed by atoms with E-state index in [1.54, 1.807) is 6.92 Å². The predicted molar refractivity (Wildman–Crippen MR) is 79.9 cm³/mol. The molecule has 126 valence electrons. The van der Waals surface area contributed by atoms with Crippen molar-refractivity contribution in [2.24, 2.45) is 11.8 Å². The number of rotatable bonds is 7. The van der Waals surface area contributed by atoms with E-state index >= 15 is 0 Å². The maximum atomic E-state index is 12.3. The molecule has 2 unspecified atom stereocenters. The van der Waals surface area contributed by atoms with E-state index in [1.165, 1.54) is 0 Å². The number of carbonyl (C=O) groups excluding carboxylic acids is 2. The maximum absolute atomic E-state index is 12.3. The SMILES string of the molecule is CCOC(=O)C1CCCN1S(=O)(=O)NC(=O)CC(C)C1CC1. The number of hydrogen-bond donors (Lipinski definition) is 1. The van der Waals surface area contributed by atoms with Gasteiger partial charge in [-0.1, -0.05) is 6.92 Å². The minimum Gasteiger partial charge on any atom is -0.465 e. The second kappa shape index (κ2) is 6.95. The highest BCUT2D eigenvalue weighted by atomic mass is 32.2. The lowest BCUT2D eigenvalue weighted by Gasteiger charge is -2.23. The second-order valence-electron chi connectivity index (χ2n) is 6.07. The van der Waals surface area contributed by atoms with Gasteiger partial charge in [0.05, 0.1) is 6.61 Å². The average Bonchev–Trinajstić information content (AvgIpc) is 3.14. The van der Waals surface area contributed by atoms with Crippen LogP contribution in [0.3, 0.4) is 0 Å². The van der Waals surface area contributed by atoms with E-state index in [2.05, 4.69) is 4.72 Å². The Kier molecular flexibility index (Phi) is 5.44. The molecule has 2 atom stereocenters. The fraction of sp³-hybridized carbons (Fsp3) is 0.857. The van der Waals surface area contributed by atoms with Crippen molar-refractivity contribution in [2.45, 2.75) is 52.0 Å². The Morgan fingerprint density at radius 3 is 2.59 bits per heavy atom. The van der Waals surface area contributed by atoms with Crippen LogP contribution in [0.15, 0.2) is 0 Å². The second-order valence-corrected chi connectivity index (χ2v) is 7.69. The fourth-order valence-corrected chi connectivity index (χ4v) is 4.25. The number of nitrogens with one attached hydrogen (secondary N) is 1. The molecule has 2 fully saturated rings. The number of nitrogens with zero attached hydrogens (tertiary/aromatic N) is 1. The van der Waals surface area contributed by atoms with Crippen molar-refractivity contribution in [1.82, 2.24) is 9.03 Å². The molecule has 1 heterocycles. The van der Waals surface area contributed by atoms with Gasteiger partial charge in [-0.3, -0.25) is 9.59 Å². The number of carbonyl (C=O) groups is 2. The van der Waals surface area contributed by atoms with E-state index < -0.39 is 28.1 Å². The van der Waals surface area contributed by atoms with Crippen molar-refractivity contribution in [3.63, 3.8) is 0 Å². The third kappa shape index (κ3) is 4.19. The molecule has 22 heavy (non-hydrogen) atoms. The predicted octanol–water partition coefficient (Wildman–Crippen LogP) is 0.811. The van der Waals surface area contributed by atoms with Crippen molar-refractivity contribution >= 4 is 22.1 Å². The van der Waals surface area contributed by atoms with Crippen molar-refractivity contribution in [2.75, 3.05) is 13.2 Å². The first kappa shape index (κ1) is 17.2. The zero-order valence-electron chi connectivity index (χ0n) is 13.1. The van der Waals surface area contributed by atoms with Gasteiger partial charge in [0, 0.05) is 13.0 Å². The first-order chi connectivity index (χ1) is 10.3. The summed E-state index contributed by atoms with van der Waals surface area (Å²) in [6.45, 7) is 4.06. The Morgan fingerprint density at radius 2 is 2.00 bits per heavy atom. The highest BCUT2D eigenvalue weighted by Gasteiger charge is 2.40. The highest BCUT2D eigenvalue weighted by molar-refractivity contribution is 7.87. The number of amides is 1. The molecule has 1 saturated carbocycles. The van der Waals surface area contributed by atoms with E-state index in [9.17, 15) is 18.0 Å². The smallest absolute Gasteiger partial charge is 0.324 e. The maximum Gasteiger partial charge on any atom is 0.324 e. The molecular weight excluding hydrogens is 308 g/mol. The zero-order chi connectivity index (χ0) is 16.3. The quantitative estimate of drug-likeness (QED) is 0.697. The van der Waals surface area contributed by atoms with Gasteiger partial charge >= 0.3 is 16.2 Å². The first-order valence-electron chi connectivity index (χ1n) is 7.84. The molecule has 0 spiro atoms. The van der Waals surface area contributed by atoms with Crippen LogP contribution in [0.4, 0.5) is 0 Å². The van der Waals surface area contributed by atoms with Crippen molar-refractivity contribution in [3.8, 4) is 0 Å². The van der Waals surface area contributed by atoms with Gasteiger partial charge in [-0.2, -0.15) is 12.7 Å². The van der Waals surface area contributed by atoms with Crippen LogP contribution in [0, 0.1) is 11.8 Å². The lowest BCUT2D eigenvalue weighted by atomic mass is 10.0. The number of esters is 1. The standard InChI is InChI=1S/C14H24N2O5S/c1-3-21-14(18)12-5-4-8-16(12)22(19,20)15-13(17)9-10(2)11-6-7-11/h10-12H,3-9H2,1-2H3,(H,15,17). The molecule has 1 amide bonds. The molecule has 2 aliphatic rings. The summed E-state index contributed by atoms with van der Waals surface area (Å²) in [7, 11) is -3.99. The summed E-state index contributed by atoms with van der Waals surface area (Å²) in [5, 5.41) is 0. The number of hydrogen-bond acceptors (Lipinski definition) is 5. The number of ether oxygens (including phenoxy) is 1. The molecule has 0 bridgehead atoms. The molecule has 1 aliphatic carbocycles. The van der Waals surface area contributed by atoms with Gasteiger partial charge in [0.15, 0.2) is 0 Å². The summed E-state index contributed by atoms with van der Waals surface area (Å²) in [6.07, 6.45) is 3.42. The van der Waals surface area contributed by atoms with Gasteiger partial charge in [-0.15, -0.1) is 0 Å². The van der Waals surface area contributed by atoms with E-state index in [1.807, 2.05) is 6.92 Å². The van der Waals surface area contributed by atoms with Crippen LogP contribution < -0.4 is 4.72 Å². The van der Waals surface area contributed by atoms with Gasteiger partial charge in [0.2, 0.25) is 5.91 Å². The van der Waals surface area contributed by atoms with Gasteiger partial charge in [-0.25, -0.2) is 4.72 Å². The Hall–Kier alpha value is -1.15. The van der Waals surface area contributed by atoms with Crippen LogP contribution >= 0.6 is 0 Å². The van der Waals surface area contributed by atoms with Crippen LogP contribution in [0.1, 0.15) is 46.0 Å². The van der Waals surface area contributed by atoms with Crippen molar-refractivity contribution < 1.29 is 22.7 Å². The monoisotopic (exact) mass is 332 g/mol. The van der Waals surface area contributed by atoms with Gasteiger partial charge < -0.3 is 4.74 Å².